The highest BCUT2D eigenvalue weighted by Gasteiger charge is 2.25. The van der Waals surface area contributed by atoms with E-state index in [4.69, 9.17) is 4.74 Å². The van der Waals surface area contributed by atoms with E-state index >= 15 is 0 Å². The summed E-state index contributed by atoms with van der Waals surface area (Å²) in [6.45, 7) is 2.06. The molecule has 0 spiro atoms. The Morgan fingerprint density at radius 3 is 2.83 bits per heavy atom. The van der Waals surface area contributed by atoms with Gasteiger partial charge in [-0.2, -0.15) is 5.10 Å². The minimum Gasteiger partial charge on any atom is -0.461 e. The van der Waals surface area contributed by atoms with Crippen molar-refractivity contribution in [2.45, 2.75) is 6.92 Å². The van der Waals surface area contributed by atoms with Gasteiger partial charge in [0.1, 0.15) is 5.82 Å². The highest BCUT2D eigenvalue weighted by Crippen LogP contribution is 2.30. The molecule has 0 saturated carbocycles. The average Bonchev–Trinajstić information content (AvgIpc) is 3.13. The second-order valence-electron chi connectivity index (χ2n) is 5.32. The van der Waals surface area contributed by atoms with Crippen LogP contribution in [0.15, 0.2) is 42.7 Å². The first kappa shape index (κ1) is 14.4. The van der Waals surface area contributed by atoms with Crippen molar-refractivity contribution < 1.29 is 9.53 Å². The van der Waals surface area contributed by atoms with E-state index in [9.17, 15) is 4.79 Å². The van der Waals surface area contributed by atoms with E-state index in [-0.39, 0.29) is 12.3 Å². The Hall–Kier alpha value is -3.22. The van der Waals surface area contributed by atoms with E-state index in [1.807, 2.05) is 41.9 Å². The van der Waals surface area contributed by atoms with Crippen molar-refractivity contribution in [3.63, 3.8) is 0 Å². The van der Waals surface area contributed by atoms with Crippen LogP contribution in [0.1, 0.15) is 17.4 Å². The molecule has 0 aliphatic carbocycles. The summed E-state index contributed by atoms with van der Waals surface area (Å²) in [5.74, 6) is 0.171. The number of aryl methyl sites for hydroxylation is 1. The lowest BCUT2D eigenvalue weighted by molar-refractivity contribution is 0.0520. The van der Waals surface area contributed by atoms with Gasteiger partial charge in [0, 0.05) is 19.4 Å². The van der Waals surface area contributed by atoms with Crippen molar-refractivity contribution in [3.8, 4) is 11.4 Å². The lowest BCUT2D eigenvalue weighted by Crippen LogP contribution is -2.08. The van der Waals surface area contributed by atoms with Gasteiger partial charge in [0.15, 0.2) is 11.3 Å². The van der Waals surface area contributed by atoms with Crippen LogP contribution >= 0.6 is 0 Å². The number of hydrogen-bond donors (Lipinski definition) is 0. The average molecular weight is 321 g/mol. The first-order valence-electron chi connectivity index (χ1n) is 7.63. The molecule has 4 aromatic rings. The quantitative estimate of drug-likeness (QED) is 0.542. The molecule has 4 rings (SSSR count). The van der Waals surface area contributed by atoms with Crippen molar-refractivity contribution >= 4 is 22.6 Å². The molecule has 0 unspecified atom stereocenters. The molecule has 7 nitrogen and oxygen atoms in total. The molecule has 0 radical (unpaired) electrons. The number of ether oxygens (including phenoxy) is 1. The van der Waals surface area contributed by atoms with Crippen molar-refractivity contribution in [2.24, 2.45) is 7.05 Å². The second kappa shape index (κ2) is 5.45. The summed E-state index contributed by atoms with van der Waals surface area (Å²) in [5.41, 5.74) is 3.20. The molecule has 120 valence electrons. The van der Waals surface area contributed by atoms with Crippen LogP contribution in [0.2, 0.25) is 0 Å². The number of pyridine rings is 2. The monoisotopic (exact) mass is 321 g/mol. The van der Waals surface area contributed by atoms with Crippen LogP contribution in [0.4, 0.5) is 0 Å². The molecule has 0 bridgehead atoms. The summed E-state index contributed by atoms with van der Waals surface area (Å²) in [6.07, 6.45) is 3.49. The highest BCUT2D eigenvalue weighted by atomic mass is 16.5. The standard InChI is InChI=1S/C17H15N5O2/c1-3-24-17(23)14-13(11-7-4-5-10-22(11)20-14)16-19-15-12(21(16)2)8-6-9-18-15/h4-10H,3H2,1-2H3. The van der Waals surface area contributed by atoms with E-state index in [0.29, 0.717) is 17.0 Å². The molecule has 0 fully saturated rings. The Morgan fingerprint density at radius 2 is 2.04 bits per heavy atom. The number of carbonyl (C=O) groups excluding carboxylic acids is 1. The Bertz CT molecular complexity index is 1060. The predicted molar refractivity (Wildman–Crippen MR) is 88.7 cm³/mol. The Labute approximate surface area is 137 Å². The molecule has 4 aromatic heterocycles. The van der Waals surface area contributed by atoms with Gasteiger partial charge >= 0.3 is 5.97 Å². The van der Waals surface area contributed by atoms with Gasteiger partial charge in [-0.05, 0) is 31.2 Å². The zero-order valence-corrected chi connectivity index (χ0v) is 13.3. The van der Waals surface area contributed by atoms with Crippen molar-refractivity contribution in [1.82, 2.24) is 24.1 Å². The molecule has 4 heterocycles. The van der Waals surface area contributed by atoms with E-state index in [2.05, 4.69) is 15.1 Å². The number of hydrogen-bond acceptors (Lipinski definition) is 5. The molecular formula is C17H15N5O2. The van der Waals surface area contributed by atoms with Crippen LogP contribution in [0.5, 0.6) is 0 Å². The fourth-order valence-electron chi connectivity index (χ4n) is 2.81. The van der Waals surface area contributed by atoms with Gasteiger partial charge in [-0.15, -0.1) is 0 Å². The lowest BCUT2D eigenvalue weighted by Gasteiger charge is -2.04. The smallest absolute Gasteiger partial charge is 0.359 e. The van der Waals surface area contributed by atoms with Gasteiger partial charge < -0.3 is 9.30 Å². The third-order valence-electron chi connectivity index (χ3n) is 3.89. The molecule has 0 amide bonds. The number of nitrogens with zero attached hydrogens (tertiary/aromatic N) is 5. The maximum atomic E-state index is 12.4. The van der Waals surface area contributed by atoms with E-state index in [1.165, 1.54) is 0 Å². The highest BCUT2D eigenvalue weighted by molar-refractivity contribution is 6.00. The van der Waals surface area contributed by atoms with Crippen LogP contribution < -0.4 is 0 Å². The van der Waals surface area contributed by atoms with Gasteiger partial charge in [-0.1, -0.05) is 6.07 Å². The summed E-state index contributed by atoms with van der Waals surface area (Å²) in [7, 11) is 1.90. The SMILES string of the molecule is CCOC(=O)c1nn2ccccc2c1-c1nc2ncccc2n1C. The number of esters is 1. The third-order valence-corrected chi connectivity index (χ3v) is 3.89. The van der Waals surface area contributed by atoms with Gasteiger partial charge in [-0.25, -0.2) is 19.3 Å². The topological polar surface area (TPSA) is 74.3 Å². The summed E-state index contributed by atoms with van der Waals surface area (Å²) in [4.78, 5) is 21.3. The first-order valence-corrected chi connectivity index (χ1v) is 7.63. The van der Waals surface area contributed by atoms with Crippen molar-refractivity contribution in [3.05, 3.63) is 48.4 Å². The maximum absolute atomic E-state index is 12.4. The van der Waals surface area contributed by atoms with E-state index in [0.717, 1.165) is 11.0 Å². The summed E-state index contributed by atoms with van der Waals surface area (Å²) < 4.78 is 8.74. The predicted octanol–water partition coefficient (Wildman–Crippen LogP) is 2.46. The molecule has 0 N–H and O–H groups in total. The van der Waals surface area contributed by atoms with Crippen LogP contribution in [0, 0.1) is 0 Å². The zero-order chi connectivity index (χ0) is 16.7. The van der Waals surface area contributed by atoms with Crippen molar-refractivity contribution in [1.29, 1.82) is 0 Å². The maximum Gasteiger partial charge on any atom is 0.359 e. The van der Waals surface area contributed by atoms with E-state index < -0.39 is 5.97 Å². The Kier molecular flexibility index (Phi) is 3.26. The molecular weight excluding hydrogens is 306 g/mol. The fourth-order valence-corrected chi connectivity index (χ4v) is 2.81. The molecule has 0 saturated heterocycles. The zero-order valence-electron chi connectivity index (χ0n) is 13.3. The largest absolute Gasteiger partial charge is 0.461 e. The fraction of sp³-hybridized carbons (Fsp3) is 0.176. The van der Waals surface area contributed by atoms with Crippen LogP contribution in [-0.2, 0) is 11.8 Å². The molecule has 7 heteroatoms. The normalized spacial score (nSPS) is 11.2. The molecule has 0 aromatic carbocycles. The van der Waals surface area contributed by atoms with E-state index in [1.54, 1.807) is 23.8 Å². The summed E-state index contributed by atoms with van der Waals surface area (Å²) >= 11 is 0. The minimum absolute atomic E-state index is 0.251. The van der Waals surface area contributed by atoms with Gasteiger partial charge in [-0.3, -0.25) is 0 Å². The van der Waals surface area contributed by atoms with Crippen LogP contribution in [-0.4, -0.2) is 36.7 Å². The minimum atomic E-state index is -0.462. The molecule has 0 aliphatic heterocycles. The summed E-state index contributed by atoms with van der Waals surface area (Å²) in [5, 5.41) is 4.39. The van der Waals surface area contributed by atoms with Crippen LogP contribution in [0.25, 0.3) is 28.1 Å². The number of imidazole rings is 1. The molecule has 0 atom stereocenters. The Balaban J connectivity index is 2.05. The van der Waals surface area contributed by atoms with Gasteiger partial charge in [0.2, 0.25) is 0 Å². The summed E-state index contributed by atoms with van der Waals surface area (Å²) in [6, 6.07) is 9.45. The number of aromatic nitrogens is 5. The molecule has 0 aliphatic rings. The van der Waals surface area contributed by atoms with Gasteiger partial charge in [0.05, 0.1) is 23.2 Å². The number of rotatable bonds is 3. The van der Waals surface area contributed by atoms with Crippen LogP contribution in [0.3, 0.4) is 0 Å². The third kappa shape index (κ3) is 2.05. The lowest BCUT2D eigenvalue weighted by atomic mass is 10.2. The second-order valence-corrected chi connectivity index (χ2v) is 5.32. The molecule has 24 heavy (non-hydrogen) atoms. The number of carbonyl (C=O) groups is 1. The number of fused-ring (bicyclic) bond motifs is 2. The van der Waals surface area contributed by atoms with Crippen molar-refractivity contribution in [2.75, 3.05) is 6.61 Å². The first-order chi connectivity index (χ1) is 11.7. The van der Waals surface area contributed by atoms with Gasteiger partial charge in [0.25, 0.3) is 0 Å². The Morgan fingerprint density at radius 1 is 1.21 bits per heavy atom.